The Morgan fingerprint density at radius 3 is 1.68 bits per heavy atom. The van der Waals surface area contributed by atoms with Crippen LogP contribution in [0.15, 0.2) is 42.2 Å². The van der Waals surface area contributed by atoms with Gasteiger partial charge in [0.25, 0.3) is 0 Å². The SMILES string of the molecule is C=c1cc/c(=C2/C(=O)C(c3ccc(N(CC)CC)cc3NC(=O)C(CC)(CC)CC)=C2O)c(NC(=O)C(CC)(CC)CC)c1. The molecule has 1 aliphatic carbocycles. The van der Waals surface area contributed by atoms with Crippen molar-refractivity contribution in [2.24, 2.45) is 10.8 Å². The van der Waals surface area contributed by atoms with E-state index in [4.69, 9.17) is 0 Å². The van der Waals surface area contributed by atoms with Crippen LogP contribution in [0.3, 0.4) is 0 Å². The third-order valence-electron chi connectivity index (χ3n) is 10.2. The Morgan fingerprint density at radius 2 is 1.23 bits per heavy atom. The van der Waals surface area contributed by atoms with Crippen LogP contribution in [-0.4, -0.2) is 35.8 Å². The van der Waals surface area contributed by atoms with Gasteiger partial charge in [-0.3, -0.25) is 14.4 Å². The predicted molar refractivity (Wildman–Crippen MR) is 183 cm³/mol. The van der Waals surface area contributed by atoms with Gasteiger partial charge in [0.2, 0.25) is 17.6 Å². The molecule has 1 aliphatic rings. The van der Waals surface area contributed by atoms with E-state index in [1.807, 2.05) is 53.7 Å². The molecule has 0 fully saturated rings. The Bertz CT molecular complexity index is 1530. The monoisotopic (exact) mass is 601 g/mol. The van der Waals surface area contributed by atoms with E-state index < -0.39 is 10.8 Å². The minimum atomic E-state index is -0.534. The van der Waals surface area contributed by atoms with Gasteiger partial charge >= 0.3 is 0 Å². The maximum Gasteiger partial charge on any atom is 0.230 e. The quantitative estimate of drug-likeness (QED) is 0.218. The van der Waals surface area contributed by atoms with Gasteiger partial charge in [-0.05, 0) is 81.9 Å². The highest BCUT2D eigenvalue weighted by atomic mass is 16.3. The standard InChI is InChI=1S/C37H51N3O4/c1-10-36(11-2,12-3)34(43)38-28-22-24(9)18-20-26(28)30-32(41)31(33(30)42)27-21-19-25(40(16-7)17-8)23-29(27)39-35(44)37(13-4,14-5)15-6/h18-23,41H,9-17H2,1-8H3,(H,38,43)(H,39,44)/b30-26-. The fourth-order valence-corrected chi connectivity index (χ4v) is 6.43. The number of carbonyl (C=O) groups excluding carboxylic acids is 3. The normalized spacial score (nSPS) is 14.8. The summed E-state index contributed by atoms with van der Waals surface area (Å²) in [4.78, 5) is 43.2. The van der Waals surface area contributed by atoms with Gasteiger partial charge in [0.1, 0.15) is 5.76 Å². The number of hydrogen-bond donors (Lipinski definition) is 3. The lowest BCUT2D eigenvalue weighted by Crippen LogP contribution is -2.37. The molecule has 7 nitrogen and oxygen atoms in total. The maximum atomic E-state index is 13.9. The lowest BCUT2D eigenvalue weighted by atomic mass is 9.78. The molecule has 0 aliphatic heterocycles. The summed E-state index contributed by atoms with van der Waals surface area (Å²) < 4.78 is 0. The largest absolute Gasteiger partial charge is 0.506 e. The third kappa shape index (κ3) is 6.19. The first-order valence-electron chi connectivity index (χ1n) is 16.3. The number of aliphatic hydroxyl groups is 1. The Morgan fingerprint density at radius 1 is 0.727 bits per heavy atom. The molecule has 7 heteroatoms. The van der Waals surface area contributed by atoms with Gasteiger partial charge in [0, 0.05) is 46.1 Å². The van der Waals surface area contributed by atoms with Crippen LogP contribution in [0.2, 0.25) is 0 Å². The van der Waals surface area contributed by atoms with E-state index in [2.05, 4.69) is 36.0 Å². The number of ketones is 1. The van der Waals surface area contributed by atoms with Crippen molar-refractivity contribution < 1.29 is 19.5 Å². The van der Waals surface area contributed by atoms with E-state index >= 15 is 0 Å². The highest BCUT2D eigenvalue weighted by Crippen LogP contribution is 2.42. The summed E-state index contributed by atoms with van der Waals surface area (Å²) in [6.45, 7) is 21.8. The summed E-state index contributed by atoms with van der Waals surface area (Å²) in [6, 6.07) is 10.8. The summed E-state index contributed by atoms with van der Waals surface area (Å²) in [5, 5.41) is 18.8. The van der Waals surface area contributed by atoms with Crippen molar-refractivity contribution in [1.29, 1.82) is 0 Å². The lowest BCUT2D eigenvalue weighted by Gasteiger charge is -2.31. The number of allylic oxidation sites excluding steroid dienone is 2. The number of benzene rings is 2. The number of rotatable bonds is 14. The molecule has 2 aromatic rings. The average molecular weight is 602 g/mol. The molecule has 3 N–H and O–H groups in total. The van der Waals surface area contributed by atoms with Crippen LogP contribution >= 0.6 is 0 Å². The molecule has 0 bridgehead atoms. The zero-order valence-electron chi connectivity index (χ0n) is 27.9. The zero-order chi connectivity index (χ0) is 32.8. The number of carbonyl (C=O) groups is 3. The molecule has 0 spiro atoms. The van der Waals surface area contributed by atoms with E-state index in [-0.39, 0.29) is 34.5 Å². The molecule has 0 aromatic heterocycles. The number of nitrogens with zero attached hydrogens (tertiary/aromatic N) is 1. The minimum absolute atomic E-state index is 0.0960. The van der Waals surface area contributed by atoms with E-state index in [9.17, 15) is 19.5 Å². The third-order valence-corrected chi connectivity index (χ3v) is 10.2. The van der Waals surface area contributed by atoms with Crippen molar-refractivity contribution in [1.82, 2.24) is 0 Å². The first kappa shape index (κ1) is 34.6. The fraction of sp³-hybridized carbons (Fsp3) is 0.486. The minimum Gasteiger partial charge on any atom is -0.506 e. The van der Waals surface area contributed by atoms with Crippen molar-refractivity contribution in [2.75, 3.05) is 28.6 Å². The Kier molecular flexibility index (Phi) is 11.2. The molecule has 0 radical (unpaired) electrons. The number of Topliss-reactive ketones (excluding diaryl/α,β-unsaturated/α-hetero) is 1. The number of nitrogens with one attached hydrogen (secondary N) is 2. The summed E-state index contributed by atoms with van der Waals surface area (Å²) in [5.41, 5.74) is 1.55. The second kappa shape index (κ2) is 14.3. The lowest BCUT2D eigenvalue weighted by molar-refractivity contribution is -0.127. The first-order chi connectivity index (χ1) is 21.0. The number of aliphatic hydroxyl groups excluding tert-OH is 1. The van der Waals surface area contributed by atoms with Crippen LogP contribution in [0, 0.1) is 10.8 Å². The van der Waals surface area contributed by atoms with E-state index in [0.717, 1.165) is 18.8 Å². The van der Waals surface area contributed by atoms with Crippen molar-refractivity contribution in [3.8, 4) is 0 Å². The molecule has 238 valence electrons. The molecule has 0 unspecified atom stereocenters. The van der Waals surface area contributed by atoms with Gasteiger partial charge in [0.15, 0.2) is 0 Å². The van der Waals surface area contributed by atoms with Gasteiger partial charge < -0.3 is 20.6 Å². The second-order valence-corrected chi connectivity index (χ2v) is 11.8. The fourth-order valence-electron chi connectivity index (χ4n) is 6.43. The smallest absolute Gasteiger partial charge is 0.230 e. The number of anilines is 3. The van der Waals surface area contributed by atoms with Crippen molar-refractivity contribution >= 4 is 52.4 Å². The Labute approximate surface area is 263 Å². The highest BCUT2D eigenvalue weighted by Gasteiger charge is 2.39. The first-order valence-corrected chi connectivity index (χ1v) is 16.3. The summed E-state index contributed by atoms with van der Waals surface area (Å²) in [5.74, 6) is -0.715. The molecule has 0 saturated carbocycles. The predicted octanol–water partition coefficient (Wildman–Crippen LogP) is 6.96. The zero-order valence-corrected chi connectivity index (χ0v) is 27.9. The summed E-state index contributed by atoms with van der Waals surface area (Å²) in [6.07, 6.45) is 4.12. The van der Waals surface area contributed by atoms with Crippen molar-refractivity contribution in [3.63, 3.8) is 0 Å². The Balaban J connectivity index is 2.21. The van der Waals surface area contributed by atoms with Crippen molar-refractivity contribution in [3.05, 3.63) is 58.2 Å². The molecule has 3 rings (SSSR count). The highest BCUT2D eigenvalue weighted by molar-refractivity contribution is 6.52. The van der Waals surface area contributed by atoms with Crippen LogP contribution in [0.5, 0.6) is 0 Å². The molecule has 44 heavy (non-hydrogen) atoms. The van der Waals surface area contributed by atoms with Gasteiger partial charge in [-0.2, -0.15) is 0 Å². The van der Waals surface area contributed by atoms with Crippen LogP contribution in [-0.2, 0) is 14.4 Å². The molecule has 0 atom stereocenters. The number of amides is 2. The molecular weight excluding hydrogens is 550 g/mol. The van der Waals surface area contributed by atoms with Crippen LogP contribution in [0.25, 0.3) is 17.7 Å². The summed E-state index contributed by atoms with van der Waals surface area (Å²) >= 11 is 0. The van der Waals surface area contributed by atoms with E-state index in [0.29, 0.717) is 65.9 Å². The van der Waals surface area contributed by atoms with Crippen LogP contribution in [0.1, 0.15) is 99.5 Å². The van der Waals surface area contributed by atoms with E-state index in [1.54, 1.807) is 24.3 Å². The summed E-state index contributed by atoms with van der Waals surface area (Å²) in [7, 11) is 0. The molecular formula is C37H51N3O4. The number of hydrogen-bond acceptors (Lipinski definition) is 5. The topological polar surface area (TPSA) is 98.7 Å². The van der Waals surface area contributed by atoms with Gasteiger partial charge in [-0.15, -0.1) is 0 Å². The maximum absolute atomic E-state index is 13.9. The average Bonchev–Trinajstić information content (AvgIpc) is 3.02. The Hall–Kier alpha value is -3.87. The van der Waals surface area contributed by atoms with Crippen LogP contribution in [0.4, 0.5) is 17.1 Å². The molecule has 2 aromatic carbocycles. The van der Waals surface area contributed by atoms with Gasteiger partial charge in [-0.1, -0.05) is 60.3 Å². The van der Waals surface area contributed by atoms with Crippen LogP contribution < -0.4 is 26.0 Å². The van der Waals surface area contributed by atoms with Crippen molar-refractivity contribution in [2.45, 2.75) is 93.9 Å². The molecule has 2 amide bonds. The second-order valence-electron chi connectivity index (χ2n) is 11.8. The van der Waals surface area contributed by atoms with Gasteiger partial charge in [0.05, 0.1) is 16.8 Å². The molecule has 0 saturated heterocycles. The molecule has 0 heterocycles. The van der Waals surface area contributed by atoms with E-state index in [1.165, 1.54) is 0 Å². The van der Waals surface area contributed by atoms with Gasteiger partial charge in [-0.25, -0.2) is 0 Å².